The number of thiazole rings is 1. The lowest BCUT2D eigenvalue weighted by molar-refractivity contribution is 0.0987. The van der Waals surface area contributed by atoms with Gasteiger partial charge in [0.1, 0.15) is 5.82 Å². The smallest absolute Gasteiger partial charge is 0.280 e. The minimum absolute atomic E-state index is 0.328. The second-order valence-electron chi connectivity index (χ2n) is 6.95. The average Bonchev–Trinajstić information content (AvgIpc) is 3.22. The molecule has 4 rings (SSSR count). The van der Waals surface area contributed by atoms with E-state index in [1.807, 2.05) is 31.2 Å². The predicted molar refractivity (Wildman–Crippen MR) is 125 cm³/mol. The predicted octanol–water partition coefficient (Wildman–Crippen LogP) is 5.44. The fourth-order valence-corrected chi connectivity index (χ4v) is 3.98. The molecule has 0 aliphatic heterocycles. The van der Waals surface area contributed by atoms with Gasteiger partial charge in [-0.15, -0.1) is 0 Å². The number of nitrogens with zero attached hydrogens (tertiary/aromatic N) is 3. The molecule has 0 spiro atoms. The van der Waals surface area contributed by atoms with Crippen LogP contribution in [0.25, 0.3) is 10.2 Å². The summed E-state index contributed by atoms with van der Waals surface area (Å²) in [5.41, 5.74) is 2.87. The number of methoxy groups -OCH3 is 2. The molecule has 0 saturated heterocycles. The summed E-state index contributed by atoms with van der Waals surface area (Å²) in [6.07, 6.45) is 1.59. The highest BCUT2D eigenvalue weighted by molar-refractivity contribution is 7.22. The maximum absolute atomic E-state index is 13.7. The molecule has 0 aliphatic carbocycles. The van der Waals surface area contributed by atoms with Crippen molar-refractivity contribution >= 4 is 38.8 Å². The third kappa shape index (κ3) is 4.45. The van der Waals surface area contributed by atoms with Crippen molar-refractivity contribution in [2.24, 2.45) is 5.10 Å². The highest BCUT2D eigenvalue weighted by Crippen LogP contribution is 2.32. The zero-order valence-corrected chi connectivity index (χ0v) is 18.5. The number of aromatic nitrogens is 1. The van der Waals surface area contributed by atoms with Crippen molar-refractivity contribution in [3.05, 3.63) is 83.2 Å². The third-order valence-electron chi connectivity index (χ3n) is 4.74. The molecule has 1 amide bonds. The first-order valence-corrected chi connectivity index (χ1v) is 10.5. The van der Waals surface area contributed by atoms with Crippen LogP contribution in [-0.2, 0) is 0 Å². The normalized spacial score (nSPS) is 11.1. The minimum Gasteiger partial charge on any atom is -0.493 e. The van der Waals surface area contributed by atoms with E-state index in [2.05, 4.69) is 10.1 Å². The van der Waals surface area contributed by atoms with E-state index in [-0.39, 0.29) is 5.82 Å². The number of amides is 1. The molecule has 32 heavy (non-hydrogen) atoms. The molecule has 0 aliphatic rings. The summed E-state index contributed by atoms with van der Waals surface area (Å²) >= 11 is 1.18. The van der Waals surface area contributed by atoms with E-state index in [1.54, 1.807) is 30.5 Å². The van der Waals surface area contributed by atoms with Crippen LogP contribution in [0.15, 0.2) is 65.8 Å². The summed E-state index contributed by atoms with van der Waals surface area (Å²) in [5, 5.41) is 5.97. The number of aryl methyl sites for hydroxylation is 1. The number of carbonyl (C=O) groups is 1. The molecule has 4 aromatic rings. The molecule has 0 unspecified atom stereocenters. The molecule has 0 atom stereocenters. The van der Waals surface area contributed by atoms with E-state index < -0.39 is 5.91 Å². The van der Waals surface area contributed by atoms with Crippen molar-refractivity contribution in [1.29, 1.82) is 0 Å². The molecule has 3 aromatic carbocycles. The van der Waals surface area contributed by atoms with Gasteiger partial charge in [0.2, 0.25) is 5.13 Å². The maximum Gasteiger partial charge on any atom is 0.280 e. The van der Waals surface area contributed by atoms with Gasteiger partial charge in [0, 0.05) is 5.56 Å². The van der Waals surface area contributed by atoms with Crippen LogP contribution < -0.4 is 14.5 Å². The Kier molecular flexibility index (Phi) is 6.13. The Morgan fingerprint density at radius 3 is 2.50 bits per heavy atom. The highest BCUT2D eigenvalue weighted by Gasteiger charge is 2.22. The highest BCUT2D eigenvalue weighted by atomic mass is 32.1. The molecule has 0 saturated carbocycles. The van der Waals surface area contributed by atoms with Crippen molar-refractivity contribution < 1.29 is 18.7 Å². The van der Waals surface area contributed by atoms with Crippen LogP contribution in [0.1, 0.15) is 21.5 Å². The lowest BCUT2D eigenvalue weighted by Crippen LogP contribution is -2.25. The molecule has 0 bridgehead atoms. The van der Waals surface area contributed by atoms with Crippen LogP contribution >= 0.6 is 11.3 Å². The standard InChI is InChI=1S/C24H20FN3O3S/c1-15-4-6-16(7-5-15)14-26-28(24-27-19-10-9-18(25)13-22(19)32-24)23(29)17-8-11-20(30-2)21(12-17)31-3/h4-14H,1-3H3/b26-14+. The molecule has 162 valence electrons. The summed E-state index contributed by atoms with van der Waals surface area (Å²) in [6, 6.07) is 16.9. The molecule has 0 N–H and O–H groups in total. The number of halogens is 1. The number of hydrazone groups is 1. The Morgan fingerprint density at radius 2 is 1.78 bits per heavy atom. The Hall–Kier alpha value is -3.78. The summed E-state index contributed by atoms with van der Waals surface area (Å²) in [6.45, 7) is 1.99. The topological polar surface area (TPSA) is 64.0 Å². The van der Waals surface area contributed by atoms with Crippen molar-refractivity contribution in [2.45, 2.75) is 6.92 Å². The first-order valence-electron chi connectivity index (χ1n) is 9.71. The summed E-state index contributed by atoms with van der Waals surface area (Å²) in [4.78, 5) is 17.9. The molecular weight excluding hydrogens is 429 g/mol. The van der Waals surface area contributed by atoms with Crippen LogP contribution in [0.5, 0.6) is 11.5 Å². The van der Waals surface area contributed by atoms with Crippen molar-refractivity contribution in [1.82, 2.24) is 4.98 Å². The van der Waals surface area contributed by atoms with E-state index in [1.165, 1.54) is 42.7 Å². The number of ether oxygens (including phenoxy) is 2. The molecule has 1 heterocycles. The van der Waals surface area contributed by atoms with E-state index in [0.717, 1.165) is 11.1 Å². The van der Waals surface area contributed by atoms with Gasteiger partial charge in [-0.05, 0) is 48.9 Å². The van der Waals surface area contributed by atoms with Crippen molar-refractivity contribution in [2.75, 3.05) is 19.2 Å². The first kappa shape index (κ1) is 21.5. The molecular formula is C24H20FN3O3S. The van der Waals surface area contributed by atoms with Gasteiger partial charge in [0.15, 0.2) is 11.5 Å². The zero-order valence-electron chi connectivity index (χ0n) is 17.7. The summed E-state index contributed by atoms with van der Waals surface area (Å²) in [7, 11) is 3.03. The SMILES string of the molecule is COc1ccc(C(=O)N(/N=C/c2ccc(C)cc2)c2nc3ccc(F)cc3s2)cc1OC. The zero-order chi connectivity index (χ0) is 22.7. The van der Waals surface area contributed by atoms with E-state index in [9.17, 15) is 9.18 Å². The largest absolute Gasteiger partial charge is 0.493 e. The minimum atomic E-state index is -0.408. The fraction of sp³-hybridized carbons (Fsp3) is 0.125. The Bertz CT molecular complexity index is 1300. The molecule has 0 radical (unpaired) electrons. The van der Waals surface area contributed by atoms with Crippen molar-refractivity contribution in [3.8, 4) is 11.5 Å². The molecule has 6 nitrogen and oxygen atoms in total. The van der Waals surface area contributed by atoms with Gasteiger partial charge in [0.05, 0.1) is 30.7 Å². The van der Waals surface area contributed by atoms with Gasteiger partial charge in [-0.3, -0.25) is 4.79 Å². The van der Waals surface area contributed by atoms with Gasteiger partial charge in [-0.2, -0.15) is 10.1 Å². The van der Waals surface area contributed by atoms with Crippen LogP contribution in [0.4, 0.5) is 9.52 Å². The van der Waals surface area contributed by atoms with E-state index in [0.29, 0.717) is 32.4 Å². The van der Waals surface area contributed by atoms with Gasteiger partial charge in [-0.25, -0.2) is 9.37 Å². The summed E-state index contributed by atoms with van der Waals surface area (Å²) < 4.78 is 24.9. The van der Waals surface area contributed by atoms with E-state index in [4.69, 9.17) is 9.47 Å². The van der Waals surface area contributed by atoms with Crippen LogP contribution in [0, 0.1) is 12.7 Å². The molecule has 1 aromatic heterocycles. The number of hydrogen-bond acceptors (Lipinski definition) is 6. The van der Waals surface area contributed by atoms with Crippen LogP contribution in [0.3, 0.4) is 0 Å². The Balaban J connectivity index is 1.77. The van der Waals surface area contributed by atoms with Gasteiger partial charge in [-0.1, -0.05) is 41.2 Å². The molecule has 8 heteroatoms. The Morgan fingerprint density at radius 1 is 1.03 bits per heavy atom. The lowest BCUT2D eigenvalue weighted by Gasteiger charge is -2.15. The lowest BCUT2D eigenvalue weighted by atomic mass is 10.2. The second-order valence-corrected chi connectivity index (χ2v) is 7.96. The molecule has 0 fully saturated rings. The monoisotopic (exact) mass is 449 g/mol. The van der Waals surface area contributed by atoms with Crippen LogP contribution in [-0.4, -0.2) is 31.3 Å². The summed E-state index contributed by atoms with van der Waals surface area (Å²) in [5.74, 6) is 0.156. The quantitative estimate of drug-likeness (QED) is 0.290. The van der Waals surface area contributed by atoms with Gasteiger partial charge >= 0.3 is 0 Å². The number of rotatable bonds is 6. The number of hydrogen-bond donors (Lipinski definition) is 0. The number of benzene rings is 3. The average molecular weight is 450 g/mol. The van der Waals surface area contributed by atoms with Crippen molar-refractivity contribution in [3.63, 3.8) is 0 Å². The Labute approximate surface area is 188 Å². The third-order valence-corrected chi connectivity index (χ3v) is 5.74. The van der Waals surface area contributed by atoms with Gasteiger partial charge in [0.25, 0.3) is 5.91 Å². The maximum atomic E-state index is 13.7. The first-order chi connectivity index (χ1) is 15.5. The fourth-order valence-electron chi connectivity index (χ4n) is 3.03. The number of fused-ring (bicyclic) bond motifs is 1. The van der Waals surface area contributed by atoms with Gasteiger partial charge < -0.3 is 9.47 Å². The van der Waals surface area contributed by atoms with Crippen LogP contribution in [0.2, 0.25) is 0 Å². The number of anilines is 1. The number of carbonyl (C=O) groups excluding carboxylic acids is 1. The second kappa shape index (κ2) is 9.15. The van der Waals surface area contributed by atoms with E-state index >= 15 is 0 Å².